The summed E-state index contributed by atoms with van der Waals surface area (Å²) in [5.41, 5.74) is 0. The van der Waals surface area contributed by atoms with Crippen LogP contribution in [0.3, 0.4) is 0 Å². The van der Waals surface area contributed by atoms with Crippen LogP contribution in [0, 0.1) is 11.8 Å². The second-order valence-electron chi connectivity index (χ2n) is 5.41. The number of halogens is 1. The van der Waals surface area contributed by atoms with Gasteiger partial charge >= 0.3 is 0 Å². The van der Waals surface area contributed by atoms with Gasteiger partial charge in [-0.25, -0.2) is 0 Å². The van der Waals surface area contributed by atoms with E-state index >= 15 is 0 Å². The summed E-state index contributed by atoms with van der Waals surface area (Å²) in [6.45, 7) is 4.32. The highest BCUT2D eigenvalue weighted by atomic mass is 35.5. The molecule has 0 aromatic heterocycles. The largest absolute Gasteiger partial charge is 0.374 e. The molecule has 1 aliphatic carbocycles. The van der Waals surface area contributed by atoms with Crippen molar-refractivity contribution in [3.8, 4) is 0 Å². The van der Waals surface area contributed by atoms with E-state index in [1.165, 1.54) is 32.1 Å². The van der Waals surface area contributed by atoms with E-state index in [1.54, 1.807) is 0 Å². The Bertz CT molecular complexity index is 212. The van der Waals surface area contributed by atoms with Gasteiger partial charge in [0.15, 0.2) is 0 Å². The Morgan fingerprint density at radius 3 is 2.62 bits per heavy atom. The molecule has 16 heavy (non-hydrogen) atoms. The van der Waals surface area contributed by atoms with Crippen molar-refractivity contribution in [3.63, 3.8) is 0 Å². The van der Waals surface area contributed by atoms with Crippen molar-refractivity contribution in [2.45, 2.75) is 51.2 Å². The Kier molecular flexibility index (Phi) is 4.93. The van der Waals surface area contributed by atoms with Gasteiger partial charge in [0.25, 0.3) is 0 Å². The van der Waals surface area contributed by atoms with Gasteiger partial charge in [0, 0.05) is 12.4 Å². The molecule has 2 fully saturated rings. The maximum Gasteiger partial charge on any atom is 0.0704 e. The van der Waals surface area contributed by atoms with E-state index in [9.17, 15) is 0 Å². The molecule has 2 nitrogen and oxygen atoms in total. The SMILES string of the molecule is CC1CCC(CNCC2CCCC2CCl)O1. The number of hydrogen-bond acceptors (Lipinski definition) is 2. The summed E-state index contributed by atoms with van der Waals surface area (Å²) >= 11 is 5.98. The molecule has 4 atom stereocenters. The molecule has 1 heterocycles. The number of ether oxygens (including phenoxy) is 1. The van der Waals surface area contributed by atoms with Crippen LogP contribution in [0.4, 0.5) is 0 Å². The first-order valence-corrected chi connectivity index (χ1v) is 7.25. The van der Waals surface area contributed by atoms with Gasteiger partial charge < -0.3 is 10.1 Å². The van der Waals surface area contributed by atoms with Crippen LogP contribution in [0.15, 0.2) is 0 Å². The van der Waals surface area contributed by atoms with Gasteiger partial charge in [0.2, 0.25) is 0 Å². The summed E-state index contributed by atoms with van der Waals surface area (Å²) in [5.74, 6) is 2.39. The molecule has 1 saturated carbocycles. The van der Waals surface area contributed by atoms with Gasteiger partial charge in [-0.2, -0.15) is 0 Å². The minimum Gasteiger partial charge on any atom is -0.374 e. The van der Waals surface area contributed by atoms with Crippen molar-refractivity contribution in [2.75, 3.05) is 19.0 Å². The maximum absolute atomic E-state index is 5.98. The molecule has 0 aromatic rings. The smallest absolute Gasteiger partial charge is 0.0704 e. The fourth-order valence-electron chi connectivity index (χ4n) is 3.05. The highest BCUT2D eigenvalue weighted by molar-refractivity contribution is 6.18. The fraction of sp³-hybridized carbons (Fsp3) is 1.00. The summed E-state index contributed by atoms with van der Waals surface area (Å²) in [4.78, 5) is 0. The van der Waals surface area contributed by atoms with Gasteiger partial charge in [-0.3, -0.25) is 0 Å². The lowest BCUT2D eigenvalue weighted by Gasteiger charge is -2.19. The summed E-state index contributed by atoms with van der Waals surface area (Å²) in [6, 6.07) is 0. The summed E-state index contributed by atoms with van der Waals surface area (Å²) in [6.07, 6.45) is 7.40. The standard InChI is InChI=1S/C13H24ClNO/c1-10-5-6-13(16-10)9-15-8-12-4-2-3-11(12)7-14/h10-13,15H,2-9H2,1H3. The Morgan fingerprint density at radius 2 is 1.94 bits per heavy atom. The zero-order valence-electron chi connectivity index (χ0n) is 10.3. The van der Waals surface area contributed by atoms with Crippen molar-refractivity contribution in [2.24, 2.45) is 11.8 Å². The molecule has 1 aliphatic heterocycles. The predicted octanol–water partition coefficient (Wildman–Crippen LogP) is 2.80. The zero-order chi connectivity index (χ0) is 11.4. The molecule has 3 heteroatoms. The van der Waals surface area contributed by atoms with E-state index in [-0.39, 0.29) is 0 Å². The van der Waals surface area contributed by atoms with E-state index in [0.29, 0.717) is 12.2 Å². The summed E-state index contributed by atoms with van der Waals surface area (Å²) < 4.78 is 5.79. The number of rotatable bonds is 5. The van der Waals surface area contributed by atoms with E-state index < -0.39 is 0 Å². The van der Waals surface area contributed by atoms with Gasteiger partial charge in [-0.05, 0) is 51.0 Å². The molecule has 1 saturated heterocycles. The third-order valence-corrected chi connectivity index (χ3v) is 4.51. The van der Waals surface area contributed by atoms with Crippen LogP contribution in [0.25, 0.3) is 0 Å². The number of hydrogen-bond donors (Lipinski definition) is 1. The first kappa shape index (κ1) is 12.7. The van der Waals surface area contributed by atoms with Crippen LogP contribution in [0.1, 0.15) is 39.0 Å². The van der Waals surface area contributed by atoms with Crippen molar-refractivity contribution in [1.29, 1.82) is 0 Å². The Balaban J connectivity index is 1.60. The lowest BCUT2D eigenvalue weighted by molar-refractivity contribution is 0.0553. The molecule has 94 valence electrons. The second kappa shape index (κ2) is 6.23. The quantitative estimate of drug-likeness (QED) is 0.753. The molecular formula is C13H24ClNO. The topological polar surface area (TPSA) is 21.3 Å². The van der Waals surface area contributed by atoms with Crippen molar-refractivity contribution >= 4 is 11.6 Å². The molecular weight excluding hydrogens is 222 g/mol. The average Bonchev–Trinajstić information content (AvgIpc) is 2.87. The van der Waals surface area contributed by atoms with E-state index in [0.717, 1.165) is 30.8 Å². The first-order valence-electron chi connectivity index (χ1n) is 6.71. The minimum atomic E-state index is 0.450. The van der Waals surface area contributed by atoms with Crippen molar-refractivity contribution in [1.82, 2.24) is 5.32 Å². The Labute approximate surface area is 104 Å². The van der Waals surface area contributed by atoms with Crippen molar-refractivity contribution in [3.05, 3.63) is 0 Å². The third-order valence-electron chi connectivity index (χ3n) is 4.11. The molecule has 0 amide bonds. The maximum atomic E-state index is 5.98. The molecule has 0 aromatic carbocycles. The lowest BCUT2D eigenvalue weighted by Crippen LogP contribution is -2.32. The molecule has 0 bridgehead atoms. The molecule has 0 radical (unpaired) electrons. The second-order valence-corrected chi connectivity index (χ2v) is 5.72. The van der Waals surface area contributed by atoms with Crippen LogP contribution >= 0.6 is 11.6 Å². The Morgan fingerprint density at radius 1 is 1.12 bits per heavy atom. The average molecular weight is 246 g/mol. The van der Waals surface area contributed by atoms with Crippen LogP contribution in [-0.4, -0.2) is 31.2 Å². The molecule has 1 N–H and O–H groups in total. The summed E-state index contributed by atoms with van der Waals surface area (Å²) in [5, 5.41) is 3.57. The molecule has 0 spiro atoms. The van der Waals surface area contributed by atoms with Gasteiger partial charge in [-0.15, -0.1) is 11.6 Å². The first-order chi connectivity index (χ1) is 7.79. The lowest BCUT2D eigenvalue weighted by atomic mass is 9.98. The van der Waals surface area contributed by atoms with E-state index in [1.807, 2.05) is 0 Å². The van der Waals surface area contributed by atoms with Crippen molar-refractivity contribution < 1.29 is 4.74 Å². The highest BCUT2D eigenvalue weighted by Crippen LogP contribution is 2.32. The van der Waals surface area contributed by atoms with Crippen LogP contribution in [-0.2, 0) is 4.74 Å². The zero-order valence-corrected chi connectivity index (χ0v) is 11.0. The van der Waals surface area contributed by atoms with E-state index in [4.69, 9.17) is 16.3 Å². The van der Waals surface area contributed by atoms with Crippen LogP contribution < -0.4 is 5.32 Å². The summed E-state index contributed by atoms with van der Waals surface area (Å²) in [7, 11) is 0. The third kappa shape index (κ3) is 3.35. The predicted molar refractivity (Wildman–Crippen MR) is 68.0 cm³/mol. The molecule has 4 unspecified atom stereocenters. The van der Waals surface area contributed by atoms with Crippen LogP contribution in [0.2, 0.25) is 0 Å². The monoisotopic (exact) mass is 245 g/mol. The Hall–Kier alpha value is 0.210. The normalized spacial score (nSPS) is 39.4. The molecule has 2 aliphatic rings. The van der Waals surface area contributed by atoms with Gasteiger partial charge in [0.05, 0.1) is 12.2 Å². The number of alkyl halides is 1. The van der Waals surface area contributed by atoms with Crippen LogP contribution in [0.5, 0.6) is 0 Å². The molecule has 2 rings (SSSR count). The highest BCUT2D eigenvalue weighted by Gasteiger charge is 2.27. The van der Waals surface area contributed by atoms with Gasteiger partial charge in [0.1, 0.15) is 0 Å². The number of nitrogens with one attached hydrogen (secondary N) is 1. The fourth-order valence-corrected chi connectivity index (χ4v) is 3.46. The van der Waals surface area contributed by atoms with Gasteiger partial charge in [-0.1, -0.05) is 6.42 Å². The van der Waals surface area contributed by atoms with E-state index in [2.05, 4.69) is 12.2 Å². The minimum absolute atomic E-state index is 0.450.